The largest absolute Gasteiger partial charge is 0.450 e. The van der Waals surface area contributed by atoms with Gasteiger partial charge in [-0.1, -0.05) is 0 Å². The number of esters is 1. The Morgan fingerprint density at radius 2 is 1.77 bits per heavy atom. The molecule has 0 aliphatic carbocycles. The zero-order chi connectivity index (χ0) is 25.8. The molecule has 2 saturated heterocycles. The number of likely N-dealkylation sites (tertiary alicyclic amines) is 1. The minimum Gasteiger partial charge on any atom is -0.450 e. The Balaban J connectivity index is 1.51. The lowest BCUT2D eigenvalue weighted by atomic mass is 9.81. The molecule has 4 rings (SSSR count). The number of hydrogen-bond donors (Lipinski definition) is 0. The summed E-state index contributed by atoms with van der Waals surface area (Å²) in [5, 5.41) is 0. The molecule has 11 heteroatoms. The Morgan fingerprint density at radius 3 is 2.34 bits per heavy atom. The Morgan fingerprint density at radius 1 is 1.11 bits per heavy atom. The van der Waals surface area contributed by atoms with Crippen LogP contribution in [0.3, 0.4) is 0 Å². The Labute approximate surface area is 203 Å². The number of hydrogen-bond acceptors (Lipinski definition) is 7. The van der Waals surface area contributed by atoms with Gasteiger partial charge in [0, 0.05) is 68.8 Å². The van der Waals surface area contributed by atoms with Crippen molar-refractivity contribution in [3.8, 4) is 0 Å². The SMILES string of the molecule is CC1=C(C(=O)N2CCN(c3cc(C(F)(F)F)ncn3)C(C)C2)C2(CCN(C(C)(C)C)CC2)OC1=O. The van der Waals surface area contributed by atoms with Gasteiger partial charge in [-0.3, -0.25) is 9.69 Å². The minimum absolute atomic E-state index is 0.0219. The van der Waals surface area contributed by atoms with Crippen LogP contribution in [0.25, 0.3) is 0 Å². The number of alkyl halides is 3. The number of amides is 1. The highest BCUT2D eigenvalue weighted by atomic mass is 19.4. The summed E-state index contributed by atoms with van der Waals surface area (Å²) >= 11 is 0. The quantitative estimate of drug-likeness (QED) is 0.584. The number of carbonyl (C=O) groups excluding carboxylic acids is 2. The normalized spacial score (nSPS) is 23.8. The molecule has 3 aliphatic rings. The highest BCUT2D eigenvalue weighted by molar-refractivity contribution is 6.07. The van der Waals surface area contributed by atoms with Crippen molar-refractivity contribution in [1.82, 2.24) is 19.8 Å². The van der Waals surface area contributed by atoms with E-state index in [4.69, 9.17) is 4.74 Å². The highest BCUT2D eigenvalue weighted by Gasteiger charge is 2.52. The Bertz CT molecular complexity index is 1040. The van der Waals surface area contributed by atoms with Crippen LogP contribution in [0.5, 0.6) is 0 Å². The number of carbonyl (C=O) groups is 2. The fourth-order valence-electron chi connectivity index (χ4n) is 5.29. The first-order chi connectivity index (χ1) is 16.2. The van der Waals surface area contributed by atoms with E-state index in [1.54, 1.807) is 16.7 Å². The third-order valence-electron chi connectivity index (χ3n) is 7.31. The maximum atomic E-state index is 13.7. The van der Waals surface area contributed by atoms with Crippen LogP contribution in [-0.4, -0.2) is 81.5 Å². The van der Waals surface area contributed by atoms with E-state index in [-0.39, 0.29) is 23.3 Å². The van der Waals surface area contributed by atoms with Crippen molar-refractivity contribution in [3.63, 3.8) is 0 Å². The predicted molar refractivity (Wildman–Crippen MR) is 123 cm³/mol. The second kappa shape index (κ2) is 8.76. The van der Waals surface area contributed by atoms with Gasteiger partial charge >= 0.3 is 12.1 Å². The van der Waals surface area contributed by atoms with Crippen LogP contribution in [0.2, 0.25) is 0 Å². The van der Waals surface area contributed by atoms with Crippen LogP contribution in [0.15, 0.2) is 23.5 Å². The third kappa shape index (κ3) is 4.74. The zero-order valence-electron chi connectivity index (χ0n) is 20.8. The molecule has 0 radical (unpaired) electrons. The molecule has 8 nitrogen and oxygen atoms in total. The van der Waals surface area contributed by atoms with Gasteiger partial charge in [0.25, 0.3) is 5.91 Å². The molecule has 1 unspecified atom stereocenters. The average molecular weight is 496 g/mol. The van der Waals surface area contributed by atoms with Crippen LogP contribution < -0.4 is 4.90 Å². The molecule has 0 aromatic carbocycles. The topological polar surface area (TPSA) is 78.9 Å². The van der Waals surface area contributed by atoms with Crippen LogP contribution in [0.4, 0.5) is 19.0 Å². The van der Waals surface area contributed by atoms with Gasteiger partial charge in [0.2, 0.25) is 0 Å². The summed E-state index contributed by atoms with van der Waals surface area (Å²) in [6.45, 7) is 12.2. The van der Waals surface area contributed by atoms with Gasteiger partial charge in [-0.05, 0) is 34.6 Å². The van der Waals surface area contributed by atoms with Gasteiger partial charge < -0.3 is 14.5 Å². The number of piperazine rings is 1. The van der Waals surface area contributed by atoms with Gasteiger partial charge in [-0.15, -0.1) is 0 Å². The van der Waals surface area contributed by atoms with Crippen molar-refractivity contribution in [2.24, 2.45) is 0 Å². The lowest BCUT2D eigenvalue weighted by molar-refractivity contribution is -0.152. The second-order valence-electron chi connectivity index (χ2n) is 10.6. The van der Waals surface area contributed by atoms with Gasteiger partial charge in [0.15, 0.2) is 0 Å². The summed E-state index contributed by atoms with van der Waals surface area (Å²) in [6.07, 6.45) is -2.56. The fraction of sp³-hybridized carbons (Fsp3) is 0.667. The summed E-state index contributed by atoms with van der Waals surface area (Å²) in [5.74, 6) is -0.514. The number of piperidine rings is 1. The first-order valence-electron chi connectivity index (χ1n) is 11.9. The van der Waals surface area contributed by atoms with Crippen molar-refractivity contribution in [2.75, 3.05) is 37.6 Å². The van der Waals surface area contributed by atoms with E-state index in [1.807, 2.05) is 6.92 Å². The smallest absolute Gasteiger partial charge is 0.433 e. The Kier molecular flexibility index (Phi) is 6.36. The number of rotatable bonds is 2. The molecule has 1 spiro atoms. The van der Waals surface area contributed by atoms with Crippen LogP contribution in [0, 0.1) is 0 Å². The Hall–Kier alpha value is -2.69. The van der Waals surface area contributed by atoms with Gasteiger partial charge in [-0.2, -0.15) is 13.2 Å². The maximum absolute atomic E-state index is 13.7. The van der Waals surface area contributed by atoms with Crippen LogP contribution in [0.1, 0.15) is 53.2 Å². The molecule has 35 heavy (non-hydrogen) atoms. The molecule has 0 bridgehead atoms. The van der Waals surface area contributed by atoms with Crippen molar-refractivity contribution in [2.45, 2.75) is 70.8 Å². The number of nitrogens with zero attached hydrogens (tertiary/aromatic N) is 5. The molecule has 1 aromatic rings. The van der Waals surface area contributed by atoms with E-state index in [2.05, 4.69) is 35.6 Å². The third-order valence-corrected chi connectivity index (χ3v) is 7.31. The molecule has 2 fully saturated rings. The number of halogens is 3. The average Bonchev–Trinajstić information content (AvgIpc) is 3.01. The van der Waals surface area contributed by atoms with E-state index < -0.39 is 23.4 Å². The zero-order valence-corrected chi connectivity index (χ0v) is 20.8. The molecule has 3 aliphatic heterocycles. The molecule has 0 saturated carbocycles. The number of aromatic nitrogens is 2. The van der Waals surface area contributed by atoms with E-state index >= 15 is 0 Å². The van der Waals surface area contributed by atoms with Crippen LogP contribution in [-0.2, 0) is 20.5 Å². The predicted octanol–water partition coefficient (Wildman–Crippen LogP) is 3.04. The maximum Gasteiger partial charge on any atom is 0.433 e. The molecular formula is C24H32F3N5O3. The van der Waals surface area contributed by atoms with Gasteiger partial charge in [0.05, 0.1) is 5.57 Å². The summed E-state index contributed by atoms with van der Waals surface area (Å²) in [4.78, 5) is 39.4. The molecule has 192 valence electrons. The van der Waals surface area contributed by atoms with Gasteiger partial charge in [-0.25, -0.2) is 14.8 Å². The molecule has 1 amide bonds. The highest BCUT2D eigenvalue weighted by Crippen LogP contribution is 2.43. The first-order valence-corrected chi connectivity index (χ1v) is 11.9. The van der Waals surface area contributed by atoms with Crippen molar-refractivity contribution in [3.05, 3.63) is 29.2 Å². The van der Waals surface area contributed by atoms with E-state index in [9.17, 15) is 22.8 Å². The molecule has 0 N–H and O–H groups in total. The van der Waals surface area contributed by atoms with Gasteiger partial charge in [0.1, 0.15) is 23.4 Å². The summed E-state index contributed by atoms with van der Waals surface area (Å²) < 4.78 is 45.1. The monoisotopic (exact) mass is 495 g/mol. The van der Waals surface area contributed by atoms with E-state index in [0.29, 0.717) is 56.7 Å². The standard InChI is InChI=1S/C24H32F3N5O3/c1-15-13-30(10-11-32(15)18-12-17(24(25,26)27)28-14-29-18)20(33)19-16(2)21(34)35-23(19)6-8-31(9-7-23)22(3,4)5/h12,14-15H,6-11,13H2,1-5H3. The lowest BCUT2D eigenvalue weighted by Crippen LogP contribution is -2.57. The van der Waals surface area contributed by atoms with Crippen LogP contribution >= 0.6 is 0 Å². The van der Waals surface area contributed by atoms with Crippen molar-refractivity contribution in [1.29, 1.82) is 0 Å². The summed E-state index contributed by atoms with van der Waals surface area (Å²) in [6, 6.07) is 0.656. The summed E-state index contributed by atoms with van der Waals surface area (Å²) in [5.41, 5.74) is -1.17. The number of anilines is 1. The fourth-order valence-corrected chi connectivity index (χ4v) is 5.29. The second-order valence-corrected chi connectivity index (χ2v) is 10.6. The minimum atomic E-state index is -4.56. The molecular weight excluding hydrogens is 463 g/mol. The molecule has 1 atom stereocenters. The molecule has 1 aromatic heterocycles. The van der Waals surface area contributed by atoms with E-state index in [0.717, 1.165) is 12.4 Å². The van der Waals surface area contributed by atoms with E-state index in [1.165, 1.54) is 0 Å². The number of ether oxygens (including phenoxy) is 1. The molecule has 4 heterocycles. The van der Waals surface area contributed by atoms with Crippen molar-refractivity contribution >= 4 is 17.7 Å². The first kappa shape index (κ1) is 25.4. The summed E-state index contributed by atoms with van der Waals surface area (Å²) in [7, 11) is 0. The van der Waals surface area contributed by atoms with Crippen molar-refractivity contribution < 1.29 is 27.5 Å². The lowest BCUT2D eigenvalue weighted by Gasteiger charge is -2.46.